The highest BCUT2D eigenvalue weighted by molar-refractivity contribution is 7.89. The lowest BCUT2D eigenvalue weighted by atomic mass is 10.1. The van der Waals surface area contributed by atoms with Gasteiger partial charge in [-0.3, -0.25) is 0 Å². The summed E-state index contributed by atoms with van der Waals surface area (Å²) >= 11 is 6.12. The molecule has 1 aliphatic carbocycles. The van der Waals surface area contributed by atoms with Gasteiger partial charge in [0.15, 0.2) is 11.5 Å². The van der Waals surface area contributed by atoms with E-state index >= 15 is 0 Å². The van der Waals surface area contributed by atoms with Gasteiger partial charge in [0.25, 0.3) is 0 Å². The Morgan fingerprint density at radius 3 is 2.59 bits per heavy atom. The Balaban J connectivity index is 1.88. The first kappa shape index (κ1) is 15.9. The molecule has 2 atom stereocenters. The standard InChI is InChI=1S/C14H19ClN2O4S/c15-10-6-12-13(21-5-4-20-12)7-14(10)22(18,19)17-11-3-1-2-9(11)8-16/h6-7,9,11,17H,1-5,8,16H2. The third kappa shape index (κ3) is 3.03. The third-order valence-electron chi connectivity index (χ3n) is 4.15. The van der Waals surface area contributed by atoms with Crippen molar-refractivity contribution < 1.29 is 17.9 Å². The van der Waals surface area contributed by atoms with Crippen LogP contribution in [-0.2, 0) is 10.0 Å². The summed E-state index contributed by atoms with van der Waals surface area (Å²) in [6, 6.07) is 2.77. The highest BCUT2D eigenvalue weighted by Gasteiger charge is 2.32. The number of nitrogens with one attached hydrogen (secondary N) is 1. The first-order chi connectivity index (χ1) is 10.5. The molecule has 8 heteroatoms. The van der Waals surface area contributed by atoms with Gasteiger partial charge in [-0.2, -0.15) is 0 Å². The van der Waals surface area contributed by atoms with Crippen molar-refractivity contribution in [3.05, 3.63) is 17.2 Å². The second-order valence-electron chi connectivity index (χ2n) is 5.58. The fourth-order valence-electron chi connectivity index (χ4n) is 2.99. The molecule has 1 aromatic carbocycles. The number of fused-ring (bicyclic) bond motifs is 1. The molecule has 1 aliphatic heterocycles. The Bertz CT molecular complexity index is 665. The molecular weight excluding hydrogens is 328 g/mol. The lowest BCUT2D eigenvalue weighted by molar-refractivity contribution is 0.171. The maximum absolute atomic E-state index is 12.6. The molecule has 0 radical (unpaired) electrons. The predicted molar refractivity (Wildman–Crippen MR) is 82.9 cm³/mol. The van der Waals surface area contributed by atoms with Gasteiger partial charge >= 0.3 is 0 Å². The predicted octanol–water partition coefficient (Wildman–Crippen LogP) is 1.52. The Hall–Kier alpha value is -1.02. The summed E-state index contributed by atoms with van der Waals surface area (Å²) in [5.41, 5.74) is 5.71. The van der Waals surface area contributed by atoms with Crippen LogP contribution in [0.15, 0.2) is 17.0 Å². The van der Waals surface area contributed by atoms with Gasteiger partial charge in [-0.15, -0.1) is 0 Å². The number of hydrogen-bond acceptors (Lipinski definition) is 5. The smallest absolute Gasteiger partial charge is 0.242 e. The Kier molecular flexibility index (Phi) is 4.49. The highest BCUT2D eigenvalue weighted by Crippen LogP contribution is 2.37. The van der Waals surface area contributed by atoms with E-state index in [9.17, 15) is 8.42 Å². The van der Waals surface area contributed by atoms with Crippen LogP contribution in [0, 0.1) is 5.92 Å². The lowest BCUT2D eigenvalue weighted by Gasteiger charge is -2.22. The molecule has 6 nitrogen and oxygen atoms in total. The van der Waals surface area contributed by atoms with Crippen LogP contribution in [0.1, 0.15) is 19.3 Å². The molecule has 0 bridgehead atoms. The molecule has 3 rings (SSSR count). The molecule has 2 aliphatic rings. The summed E-state index contributed by atoms with van der Waals surface area (Å²) < 4.78 is 38.8. The zero-order chi connectivity index (χ0) is 15.7. The molecule has 22 heavy (non-hydrogen) atoms. The SMILES string of the molecule is NCC1CCCC1NS(=O)(=O)c1cc2c(cc1Cl)OCCO2. The molecule has 0 amide bonds. The molecule has 0 saturated heterocycles. The summed E-state index contributed by atoms with van der Waals surface area (Å²) in [5.74, 6) is 1.04. The van der Waals surface area contributed by atoms with E-state index in [1.54, 1.807) is 0 Å². The Morgan fingerprint density at radius 2 is 1.91 bits per heavy atom. The summed E-state index contributed by atoms with van der Waals surface area (Å²) in [6.45, 7) is 1.29. The highest BCUT2D eigenvalue weighted by atomic mass is 35.5. The third-order valence-corrected chi connectivity index (χ3v) is 6.11. The van der Waals surface area contributed by atoms with Crippen molar-refractivity contribution in [3.63, 3.8) is 0 Å². The molecule has 1 saturated carbocycles. The molecule has 122 valence electrons. The van der Waals surface area contributed by atoms with Gasteiger partial charge in [-0.1, -0.05) is 18.0 Å². The van der Waals surface area contributed by atoms with Gasteiger partial charge in [-0.25, -0.2) is 13.1 Å². The number of benzene rings is 1. The minimum atomic E-state index is -3.72. The maximum Gasteiger partial charge on any atom is 0.242 e. The number of halogens is 1. The van der Waals surface area contributed by atoms with Gasteiger partial charge in [0, 0.05) is 18.2 Å². The minimum Gasteiger partial charge on any atom is -0.486 e. The van der Waals surface area contributed by atoms with E-state index in [1.807, 2.05) is 0 Å². The van der Waals surface area contributed by atoms with E-state index in [0.29, 0.717) is 31.3 Å². The summed E-state index contributed by atoms with van der Waals surface area (Å²) in [6.07, 6.45) is 2.71. The number of rotatable bonds is 4. The van der Waals surface area contributed by atoms with Crippen LogP contribution < -0.4 is 19.9 Å². The average molecular weight is 347 g/mol. The Labute approximate surface area is 135 Å². The van der Waals surface area contributed by atoms with E-state index < -0.39 is 10.0 Å². The normalized spacial score (nSPS) is 24.5. The maximum atomic E-state index is 12.6. The van der Waals surface area contributed by atoms with E-state index in [4.69, 9.17) is 26.8 Å². The second kappa shape index (κ2) is 6.23. The van der Waals surface area contributed by atoms with E-state index in [0.717, 1.165) is 19.3 Å². The van der Waals surface area contributed by atoms with Crippen LogP contribution in [0.25, 0.3) is 0 Å². The number of nitrogens with two attached hydrogens (primary N) is 1. The van der Waals surface area contributed by atoms with Crippen LogP contribution in [0.2, 0.25) is 5.02 Å². The second-order valence-corrected chi connectivity index (χ2v) is 7.67. The molecule has 3 N–H and O–H groups in total. The van der Waals surface area contributed by atoms with Crippen molar-refractivity contribution in [1.29, 1.82) is 0 Å². The first-order valence-electron chi connectivity index (χ1n) is 7.33. The molecule has 1 aromatic rings. The van der Waals surface area contributed by atoms with Gasteiger partial charge in [0.05, 0.1) is 5.02 Å². The topological polar surface area (TPSA) is 90.7 Å². The van der Waals surface area contributed by atoms with Gasteiger partial charge < -0.3 is 15.2 Å². The van der Waals surface area contributed by atoms with Crippen LogP contribution in [0.4, 0.5) is 0 Å². The minimum absolute atomic E-state index is 0.0149. The van der Waals surface area contributed by atoms with Crippen molar-refractivity contribution in [3.8, 4) is 11.5 Å². The monoisotopic (exact) mass is 346 g/mol. The fraction of sp³-hybridized carbons (Fsp3) is 0.571. The number of ether oxygens (including phenoxy) is 2. The largest absolute Gasteiger partial charge is 0.486 e. The average Bonchev–Trinajstić information content (AvgIpc) is 2.92. The van der Waals surface area contributed by atoms with Crippen LogP contribution in [0.3, 0.4) is 0 Å². The molecular formula is C14H19ClN2O4S. The molecule has 0 aromatic heterocycles. The molecule has 1 fully saturated rings. The van der Waals surface area contributed by atoms with Crippen LogP contribution in [-0.4, -0.2) is 34.2 Å². The van der Waals surface area contributed by atoms with Gasteiger partial charge in [-0.05, 0) is 25.3 Å². The van der Waals surface area contributed by atoms with E-state index in [-0.39, 0.29) is 21.9 Å². The molecule has 1 heterocycles. The fourth-order valence-corrected chi connectivity index (χ4v) is 4.86. The molecule has 2 unspecified atom stereocenters. The number of sulfonamides is 1. The van der Waals surface area contributed by atoms with E-state index in [2.05, 4.69) is 4.72 Å². The Morgan fingerprint density at radius 1 is 1.23 bits per heavy atom. The van der Waals surface area contributed by atoms with Crippen molar-refractivity contribution >= 4 is 21.6 Å². The zero-order valence-corrected chi connectivity index (χ0v) is 13.6. The number of hydrogen-bond donors (Lipinski definition) is 2. The molecule has 0 spiro atoms. The first-order valence-corrected chi connectivity index (χ1v) is 9.19. The zero-order valence-electron chi connectivity index (χ0n) is 12.0. The van der Waals surface area contributed by atoms with Gasteiger partial charge in [0.1, 0.15) is 18.1 Å². The van der Waals surface area contributed by atoms with Crippen LogP contribution >= 0.6 is 11.6 Å². The lowest BCUT2D eigenvalue weighted by Crippen LogP contribution is -2.39. The van der Waals surface area contributed by atoms with Crippen molar-refractivity contribution in [2.24, 2.45) is 11.7 Å². The quantitative estimate of drug-likeness (QED) is 0.862. The van der Waals surface area contributed by atoms with Crippen LogP contribution in [0.5, 0.6) is 11.5 Å². The summed E-state index contributed by atoms with van der Waals surface area (Å²) in [7, 11) is -3.72. The van der Waals surface area contributed by atoms with E-state index in [1.165, 1.54) is 12.1 Å². The van der Waals surface area contributed by atoms with Crippen molar-refractivity contribution in [2.45, 2.75) is 30.2 Å². The summed E-state index contributed by atoms with van der Waals surface area (Å²) in [5, 5.41) is 0.124. The summed E-state index contributed by atoms with van der Waals surface area (Å²) in [4.78, 5) is 0.0149. The van der Waals surface area contributed by atoms with Crippen molar-refractivity contribution in [2.75, 3.05) is 19.8 Å². The van der Waals surface area contributed by atoms with Crippen molar-refractivity contribution in [1.82, 2.24) is 4.72 Å². The van der Waals surface area contributed by atoms with Gasteiger partial charge in [0.2, 0.25) is 10.0 Å².